The maximum atomic E-state index is 12.1. The monoisotopic (exact) mass is 313 g/mol. The van der Waals surface area contributed by atoms with Crippen LogP contribution in [0.1, 0.15) is 22.8 Å². The first kappa shape index (κ1) is 16.5. The minimum Gasteiger partial charge on any atom is -0.493 e. The summed E-state index contributed by atoms with van der Waals surface area (Å²) in [5, 5.41) is 5.31. The third kappa shape index (κ3) is 5.10. The predicted octanol–water partition coefficient (Wildman–Crippen LogP) is 1.53. The second-order valence-electron chi connectivity index (χ2n) is 4.75. The number of carbonyl (C=O) groups excluding carboxylic acids is 2. The number of aromatic nitrogens is 1. The van der Waals surface area contributed by atoms with Gasteiger partial charge >= 0.3 is 0 Å². The van der Waals surface area contributed by atoms with Crippen LogP contribution in [0.4, 0.5) is 0 Å². The normalized spacial score (nSPS) is 9.96. The van der Waals surface area contributed by atoms with Crippen LogP contribution >= 0.6 is 0 Å². The van der Waals surface area contributed by atoms with Crippen molar-refractivity contribution in [1.82, 2.24) is 15.6 Å². The van der Waals surface area contributed by atoms with Crippen LogP contribution in [-0.4, -0.2) is 29.9 Å². The Bertz CT molecular complexity index is 659. The fraction of sp³-hybridized carbons (Fsp3) is 0.235. The molecular weight excluding hydrogens is 294 g/mol. The van der Waals surface area contributed by atoms with Crippen LogP contribution in [-0.2, 0) is 11.3 Å². The van der Waals surface area contributed by atoms with Gasteiger partial charge in [0.05, 0.1) is 18.7 Å². The first-order chi connectivity index (χ1) is 11.2. The second kappa shape index (κ2) is 8.53. The van der Waals surface area contributed by atoms with E-state index in [1.54, 1.807) is 42.7 Å². The topological polar surface area (TPSA) is 80.3 Å². The van der Waals surface area contributed by atoms with Crippen molar-refractivity contribution in [2.75, 3.05) is 13.2 Å². The molecular formula is C17H19N3O3. The quantitative estimate of drug-likeness (QED) is 0.812. The molecule has 6 nitrogen and oxygen atoms in total. The van der Waals surface area contributed by atoms with Crippen LogP contribution in [0.15, 0.2) is 48.8 Å². The molecule has 1 aromatic heterocycles. The van der Waals surface area contributed by atoms with Gasteiger partial charge in [0.15, 0.2) is 0 Å². The van der Waals surface area contributed by atoms with E-state index >= 15 is 0 Å². The fourth-order valence-electron chi connectivity index (χ4n) is 1.96. The molecule has 0 aliphatic carbocycles. The Morgan fingerprint density at radius 2 is 1.96 bits per heavy atom. The molecule has 0 aliphatic heterocycles. The molecule has 2 aromatic rings. The van der Waals surface area contributed by atoms with Crippen molar-refractivity contribution in [3.05, 3.63) is 59.9 Å². The summed E-state index contributed by atoms with van der Waals surface area (Å²) < 4.78 is 5.40. The number of hydrogen-bond donors (Lipinski definition) is 2. The molecule has 0 saturated heterocycles. The van der Waals surface area contributed by atoms with Crippen LogP contribution in [0.5, 0.6) is 5.75 Å². The fourth-order valence-corrected chi connectivity index (χ4v) is 1.96. The zero-order valence-electron chi connectivity index (χ0n) is 12.9. The SMILES string of the molecule is CCOc1ccccc1C(=O)NCC(=O)NCc1cccnc1. The molecule has 0 spiro atoms. The maximum Gasteiger partial charge on any atom is 0.255 e. The van der Waals surface area contributed by atoms with Crippen molar-refractivity contribution in [2.24, 2.45) is 0 Å². The number of carbonyl (C=O) groups is 2. The summed E-state index contributed by atoms with van der Waals surface area (Å²) in [5.41, 5.74) is 1.31. The van der Waals surface area contributed by atoms with Gasteiger partial charge in [0.25, 0.3) is 5.91 Å². The van der Waals surface area contributed by atoms with E-state index < -0.39 is 0 Å². The summed E-state index contributed by atoms with van der Waals surface area (Å²) in [6, 6.07) is 10.6. The number of pyridine rings is 1. The second-order valence-corrected chi connectivity index (χ2v) is 4.75. The lowest BCUT2D eigenvalue weighted by molar-refractivity contribution is -0.120. The molecule has 0 saturated carbocycles. The Hall–Kier alpha value is -2.89. The smallest absolute Gasteiger partial charge is 0.255 e. The van der Waals surface area contributed by atoms with Crippen LogP contribution in [0.25, 0.3) is 0 Å². The van der Waals surface area contributed by atoms with E-state index in [-0.39, 0.29) is 18.4 Å². The first-order valence-electron chi connectivity index (χ1n) is 7.36. The van der Waals surface area contributed by atoms with Crippen molar-refractivity contribution in [2.45, 2.75) is 13.5 Å². The summed E-state index contributed by atoms with van der Waals surface area (Å²) in [5.74, 6) is -0.107. The third-order valence-electron chi connectivity index (χ3n) is 3.05. The van der Waals surface area contributed by atoms with Gasteiger partial charge < -0.3 is 15.4 Å². The molecule has 120 valence electrons. The molecule has 1 aromatic carbocycles. The average Bonchev–Trinajstić information content (AvgIpc) is 2.59. The van der Waals surface area contributed by atoms with Crippen molar-refractivity contribution in [3.63, 3.8) is 0 Å². The van der Waals surface area contributed by atoms with Crippen molar-refractivity contribution >= 4 is 11.8 Å². The summed E-state index contributed by atoms with van der Waals surface area (Å²) in [6.45, 7) is 2.59. The molecule has 23 heavy (non-hydrogen) atoms. The van der Waals surface area contributed by atoms with Crippen LogP contribution in [0.3, 0.4) is 0 Å². The number of para-hydroxylation sites is 1. The van der Waals surface area contributed by atoms with Crippen LogP contribution < -0.4 is 15.4 Å². The highest BCUT2D eigenvalue weighted by Gasteiger charge is 2.12. The Balaban J connectivity index is 1.83. The van der Waals surface area contributed by atoms with Gasteiger partial charge in [-0.25, -0.2) is 0 Å². The summed E-state index contributed by atoms with van der Waals surface area (Å²) >= 11 is 0. The van der Waals surface area contributed by atoms with Gasteiger partial charge in [-0.3, -0.25) is 14.6 Å². The predicted molar refractivity (Wildman–Crippen MR) is 86.0 cm³/mol. The molecule has 0 unspecified atom stereocenters. The standard InChI is InChI=1S/C17H19N3O3/c1-2-23-15-8-4-3-7-14(15)17(22)20-12-16(21)19-11-13-6-5-9-18-10-13/h3-10H,2,11-12H2,1H3,(H,19,21)(H,20,22). The number of hydrogen-bond acceptors (Lipinski definition) is 4. The van der Waals surface area contributed by atoms with Gasteiger partial charge in [-0.2, -0.15) is 0 Å². The van der Waals surface area contributed by atoms with Crippen molar-refractivity contribution in [3.8, 4) is 5.75 Å². The lowest BCUT2D eigenvalue weighted by atomic mass is 10.2. The van der Waals surface area contributed by atoms with E-state index in [2.05, 4.69) is 15.6 Å². The molecule has 0 atom stereocenters. The lowest BCUT2D eigenvalue weighted by Gasteiger charge is -2.10. The Kier molecular flexibility index (Phi) is 6.11. The summed E-state index contributed by atoms with van der Waals surface area (Å²) in [7, 11) is 0. The highest BCUT2D eigenvalue weighted by atomic mass is 16.5. The molecule has 0 aliphatic rings. The van der Waals surface area contributed by atoms with Crippen LogP contribution in [0.2, 0.25) is 0 Å². The van der Waals surface area contributed by atoms with E-state index in [1.807, 2.05) is 13.0 Å². The number of benzene rings is 1. The molecule has 2 rings (SSSR count). The number of nitrogens with one attached hydrogen (secondary N) is 2. The van der Waals surface area contributed by atoms with Gasteiger partial charge in [0.1, 0.15) is 5.75 Å². The largest absolute Gasteiger partial charge is 0.493 e. The van der Waals surface area contributed by atoms with Gasteiger partial charge in [-0.1, -0.05) is 18.2 Å². The zero-order valence-corrected chi connectivity index (χ0v) is 12.9. The molecule has 0 bridgehead atoms. The number of rotatable bonds is 7. The molecule has 6 heteroatoms. The highest BCUT2D eigenvalue weighted by molar-refractivity contribution is 5.98. The van der Waals surface area contributed by atoms with Gasteiger partial charge in [0, 0.05) is 18.9 Å². The Morgan fingerprint density at radius 1 is 1.13 bits per heavy atom. The van der Waals surface area contributed by atoms with Crippen molar-refractivity contribution < 1.29 is 14.3 Å². The van der Waals surface area contributed by atoms with Crippen molar-refractivity contribution in [1.29, 1.82) is 0 Å². The zero-order chi connectivity index (χ0) is 16.5. The third-order valence-corrected chi connectivity index (χ3v) is 3.05. The van der Waals surface area contributed by atoms with E-state index in [4.69, 9.17) is 4.74 Å². The van der Waals surface area contributed by atoms with Gasteiger partial charge in [-0.15, -0.1) is 0 Å². The number of nitrogens with zero attached hydrogens (tertiary/aromatic N) is 1. The minimum absolute atomic E-state index is 0.0977. The molecule has 2 amide bonds. The summed E-state index contributed by atoms with van der Waals surface area (Å²) in [4.78, 5) is 27.9. The molecule has 0 radical (unpaired) electrons. The molecule has 0 fully saturated rings. The summed E-state index contributed by atoms with van der Waals surface area (Å²) in [6.07, 6.45) is 3.35. The number of ether oxygens (including phenoxy) is 1. The lowest BCUT2D eigenvalue weighted by Crippen LogP contribution is -2.36. The van der Waals surface area contributed by atoms with Crippen LogP contribution in [0, 0.1) is 0 Å². The Morgan fingerprint density at radius 3 is 2.70 bits per heavy atom. The van der Waals surface area contributed by atoms with Gasteiger partial charge in [-0.05, 0) is 30.7 Å². The van der Waals surface area contributed by atoms with E-state index in [9.17, 15) is 9.59 Å². The van der Waals surface area contributed by atoms with E-state index in [0.717, 1.165) is 5.56 Å². The Labute approximate surface area is 134 Å². The maximum absolute atomic E-state index is 12.1. The molecule has 2 N–H and O–H groups in total. The minimum atomic E-state index is -0.342. The van der Waals surface area contributed by atoms with E-state index in [0.29, 0.717) is 24.5 Å². The van der Waals surface area contributed by atoms with E-state index in [1.165, 1.54) is 0 Å². The average molecular weight is 313 g/mol. The molecule has 1 heterocycles. The number of amides is 2. The highest BCUT2D eigenvalue weighted by Crippen LogP contribution is 2.17. The first-order valence-corrected chi connectivity index (χ1v) is 7.36. The van der Waals surface area contributed by atoms with Gasteiger partial charge in [0.2, 0.25) is 5.91 Å².